The molecule has 0 aliphatic carbocycles. The molecule has 0 radical (unpaired) electrons. The van der Waals surface area contributed by atoms with Crippen LogP contribution >= 0.6 is 12.2 Å². The zero-order valence-electron chi connectivity index (χ0n) is 8.14. The van der Waals surface area contributed by atoms with Crippen LogP contribution in [0.1, 0.15) is 12.7 Å². The van der Waals surface area contributed by atoms with Crippen molar-refractivity contribution < 1.29 is 12.8 Å². The summed E-state index contributed by atoms with van der Waals surface area (Å²) in [6, 6.07) is 3.36. The fraction of sp³-hybridized carbons (Fsp3) is 0.375. The standard InChI is InChI=1S/C8H12N2O3S2/c1-6(8(9)14)15(11,12)10-5-7-3-2-4-13-7/h2-4,6,10H,5H2,1H3,(H2,9,14). The minimum Gasteiger partial charge on any atom is -0.468 e. The number of furan rings is 1. The second kappa shape index (κ2) is 4.73. The molecular formula is C8H12N2O3S2. The molecule has 1 atom stereocenters. The summed E-state index contributed by atoms with van der Waals surface area (Å²) in [5.41, 5.74) is 5.26. The first kappa shape index (κ1) is 12.2. The van der Waals surface area contributed by atoms with Crippen LogP contribution in [-0.4, -0.2) is 18.7 Å². The minimum atomic E-state index is -3.51. The predicted octanol–water partition coefficient (Wildman–Crippen LogP) is 0.374. The Morgan fingerprint density at radius 3 is 2.87 bits per heavy atom. The topological polar surface area (TPSA) is 85.3 Å². The summed E-state index contributed by atoms with van der Waals surface area (Å²) in [6.45, 7) is 1.54. The Morgan fingerprint density at radius 2 is 2.40 bits per heavy atom. The first-order valence-electron chi connectivity index (χ1n) is 4.23. The maximum Gasteiger partial charge on any atom is 0.221 e. The molecule has 0 bridgehead atoms. The first-order valence-corrected chi connectivity index (χ1v) is 6.19. The molecular weight excluding hydrogens is 236 g/mol. The highest BCUT2D eigenvalue weighted by molar-refractivity contribution is 7.93. The molecule has 1 rings (SSSR count). The fourth-order valence-electron chi connectivity index (χ4n) is 0.863. The SMILES string of the molecule is CC(C(N)=S)S(=O)(=O)NCc1ccco1. The van der Waals surface area contributed by atoms with E-state index in [-0.39, 0.29) is 11.5 Å². The van der Waals surface area contributed by atoms with Crippen LogP contribution in [0.4, 0.5) is 0 Å². The second-order valence-electron chi connectivity index (χ2n) is 2.99. The molecule has 1 unspecified atom stereocenters. The van der Waals surface area contributed by atoms with E-state index in [2.05, 4.69) is 16.9 Å². The van der Waals surface area contributed by atoms with Crippen LogP contribution in [-0.2, 0) is 16.6 Å². The van der Waals surface area contributed by atoms with Crippen LogP contribution in [0.2, 0.25) is 0 Å². The van der Waals surface area contributed by atoms with Gasteiger partial charge in [-0.05, 0) is 19.1 Å². The van der Waals surface area contributed by atoms with Crippen molar-refractivity contribution in [2.45, 2.75) is 18.7 Å². The maximum atomic E-state index is 11.5. The number of hydrogen-bond acceptors (Lipinski definition) is 4. The van der Waals surface area contributed by atoms with Gasteiger partial charge in [-0.1, -0.05) is 12.2 Å². The Balaban J connectivity index is 2.62. The lowest BCUT2D eigenvalue weighted by Crippen LogP contribution is -2.39. The zero-order valence-corrected chi connectivity index (χ0v) is 9.77. The summed E-state index contributed by atoms with van der Waals surface area (Å²) in [5.74, 6) is 0.536. The van der Waals surface area contributed by atoms with Crippen LogP contribution in [0.3, 0.4) is 0 Å². The van der Waals surface area contributed by atoms with Crippen LogP contribution < -0.4 is 10.5 Å². The highest BCUT2D eigenvalue weighted by atomic mass is 32.2. The Labute approximate surface area is 93.7 Å². The van der Waals surface area contributed by atoms with E-state index >= 15 is 0 Å². The Bertz CT molecular complexity index is 425. The van der Waals surface area contributed by atoms with Gasteiger partial charge >= 0.3 is 0 Å². The molecule has 3 N–H and O–H groups in total. The summed E-state index contributed by atoms with van der Waals surface area (Å²) in [4.78, 5) is -0.0538. The van der Waals surface area contributed by atoms with E-state index in [0.29, 0.717) is 5.76 Å². The Morgan fingerprint density at radius 1 is 1.73 bits per heavy atom. The third-order valence-corrected chi connectivity index (χ3v) is 4.13. The van der Waals surface area contributed by atoms with E-state index < -0.39 is 15.3 Å². The number of nitrogens with one attached hydrogen (secondary N) is 1. The monoisotopic (exact) mass is 248 g/mol. The molecule has 0 saturated carbocycles. The van der Waals surface area contributed by atoms with Crippen molar-refractivity contribution in [3.05, 3.63) is 24.2 Å². The zero-order chi connectivity index (χ0) is 11.5. The molecule has 1 aromatic rings. The van der Waals surface area contributed by atoms with Crippen molar-refractivity contribution in [2.24, 2.45) is 5.73 Å². The average molecular weight is 248 g/mol. The number of nitrogens with two attached hydrogens (primary N) is 1. The van der Waals surface area contributed by atoms with Crippen LogP contribution in [0.5, 0.6) is 0 Å². The number of sulfonamides is 1. The average Bonchev–Trinajstić information content (AvgIpc) is 2.66. The van der Waals surface area contributed by atoms with E-state index in [4.69, 9.17) is 10.2 Å². The molecule has 1 aromatic heterocycles. The van der Waals surface area contributed by atoms with E-state index in [1.165, 1.54) is 13.2 Å². The van der Waals surface area contributed by atoms with Crippen LogP contribution in [0.15, 0.2) is 22.8 Å². The number of hydrogen-bond donors (Lipinski definition) is 2. The Kier molecular flexibility index (Phi) is 3.83. The molecule has 0 aromatic carbocycles. The molecule has 15 heavy (non-hydrogen) atoms. The summed E-state index contributed by atoms with van der Waals surface area (Å²) >= 11 is 4.62. The third kappa shape index (κ3) is 3.29. The van der Waals surface area contributed by atoms with E-state index in [1.54, 1.807) is 12.1 Å². The molecule has 0 amide bonds. The lowest BCUT2D eigenvalue weighted by atomic mass is 10.5. The van der Waals surface area contributed by atoms with Gasteiger partial charge in [0.05, 0.1) is 17.8 Å². The predicted molar refractivity (Wildman–Crippen MR) is 60.7 cm³/mol. The van der Waals surface area contributed by atoms with Gasteiger partial charge in [0.1, 0.15) is 11.0 Å². The van der Waals surface area contributed by atoms with Gasteiger partial charge in [-0.2, -0.15) is 0 Å². The fourth-order valence-corrected chi connectivity index (χ4v) is 2.14. The van der Waals surface area contributed by atoms with Crippen molar-refractivity contribution in [2.75, 3.05) is 0 Å². The summed E-state index contributed by atoms with van der Waals surface area (Å²) in [5, 5.41) is -0.887. The second-order valence-corrected chi connectivity index (χ2v) is 5.55. The molecule has 0 aliphatic rings. The van der Waals surface area contributed by atoms with Gasteiger partial charge < -0.3 is 10.2 Å². The highest BCUT2D eigenvalue weighted by Crippen LogP contribution is 2.03. The smallest absolute Gasteiger partial charge is 0.221 e. The summed E-state index contributed by atoms with van der Waals surface area (Å²) < 4.78 is 30.4. The molecule has 7 heteroatoms. The van der Waals surface area contributed by atoms with Gasteiger partial charge in [-0.3, -0.25) is 0 Å². The molecule has 0 aliphatic heterocycles. The van der Waals surface area contributed by atoms with Crippen LogP contribution in [0.25, 0.3) is 0 Å². The normalized spacial score (nSPS) is 13.7. The van der Waals surface area contributed by atoms with Gasteiger partial charge in [0.25, 0.3) is 0 Å². The molecule has 0 saturated heterocycles. The van der Waals surface area contributed by atoms with Gasteiger partial charge in [0.15, 0.2) is 0 Å². The van der Waals surface area contributed by atoms with Crippen molar-refractivity contribution in [3.63, 3.8) is 0 Å². The Hall–Kier alpha value is -0.920. The number of thiocarbonyl (C=S) groups is 1. The lowest BCUT2D eigenvalue weighted by Gasteiger charge is -2.11. The molecule has 84 valence electrons. The lowest BCUT2D eigenvalue weighted by molar-refractivity contribution is 0.498. The largest absolute Gasteiger partial charge is 0.468 e. The van der Waals surface area contributed by atoms with Crippen LogP contribution in [0, 0.1) is 0 Å². The van der Waals surface area contributed by atoms with Crippen molar-refractivity contribution >= 4 is 27.2 Å². The molecule has 0 spiro atoms. The van der Waals surface area contributed by atoms with Crippen molar-refractivity contribution in [1.82, 2.24) is 4.72 Å². The van der Waals surface area contributed by atoms with Crippen molar-refractivity contribution in [1.29, 1.82) is 0 Å². The maximum absolute atomic E-state index is 11.5. The van der Waals surface area contributed by atoms with E-state index in [0.717, 1.165) is 0 Å². The van der Waals surface area contributed by atoms with Gasteiger partial charge in [0, 0.05) is 0 Å². The summed E-state index contributed by atoms with van der Waals surface area (Å²) in [7, 11) is -3.51. The van der Waals surface area contributed by atoms with E-state index in [1.807, 2.05) is 0 Å². The minimum absolute atomic E-state index is 0.0538. The third-order valence-electron chi connectivity index (χ3n) is 1.89. The van der Waals surface area contributed by atoms with Gasteiger partial charge in [0.2, 0.25) is 10.0 Å². The first-order chi connectivity index (χ1) is 6.93. The molecule has 5 nitrogen and oxygen atoms in total. The molecule has 1 heterocycles. The van der Waals surface area contributed by atoms with E-state index in [9.17, 15) is 8.42 Å². The number of rotatable bonds is 5. The highest BCUT2D eigenvalue weighted by Gasteiger charge is 2.22. The quantitative estimate of drug-likeness (QED) is 0.735. The van der Waals surface area contributed by atoms with Gasteiger partial charge in [-0.15, -0.1) is 0 Å². The molecule has 0 fully saturated rings. The van der Waals surface area contributed by atoms with Gasteiger partial charge in [-0.25, -0.2) is 13.1 Å². The summed E-state index contributed by atoms with van der Waals surface area (Å²) in [6.07, 6.45) is 1.47. The van der Waals surface area contributed by atoms with Crippen molar-refractivity contribution in [3.8, 4) is 0 Å².